The normalized spacial score (nSPS) is 16.2. The highest BCUT2D eigenvalue weighted by Crippen LogP contribution is 2.57. The summed E-state index contributed by atoms with van der Waals surface area (Å²) in [6, 6.07) is 8.46. The van der Waals surface area contributed by atoms with Crippen LogP contribution in [-0.2, 0) is 5.60 Å². The quantitative estimate of drug-likeness (QED) is 0.493. The first-order valence-corrected chi connectivity index (χ1v) is 10.1. The molecule has 1 atom stereocenters. The maximum atomic E-state index is 14.0. The van der Waals surface area contributed by atoms with Gasteiger partial charge in [-0.15, -0.1) is 0 Å². The third kappa shape index (κ3) is 3.97. The van der Waals surface area contributed by atoms with E-state index >= 15 is 0 Å². The Morgan fingerprint density at radius 2 is 1.52 bits per heavy atom. The summed E-state index contributed by atoms with van der Waals surface area (Å²) in [5.74, 6) is -0.406. The number of ketones is 1. The van der Waals surface area contributed by atoms with Gasteiger partial charge in [-0.2, -0.15) is 13.2 Å². The van der Waals surface area contributed by atoms with Crippen molar-refractivity contribution in [2.45, 2.75) is 46.4 Å². The Hall–Kier alpha value is -3.06. The van der Waals surface area contributed by atoms with E-state index < -0.39 is 17.6 Å². The van der Waals surface area contributed by atoms with Crippen LogP contribution in [0.15, 0.2) is 55.1 Å². The first-order valence-electron chi connectivity index (χ1n) is 10.1. The maximum absolute atomic E-state index is 14.0. The molecule has 1 aliphatic rings. The van der Waals surface area contributed by atoms with E-state index in [0.717, 1.165) is 6.07 Å². The second-order valence-corrected chi connectivity index (χ2v) is 6.38. The second kappa shape index (κ2) is 9.39. The summed E-state index contributed by atoms with van der Waals surface area (Å²) in [5, 5.41) is 10.8. The Bertz CT molecular complexity index is 1070. The Morgan fingerprint density at radius 1 is 0.935 bits per heavy atom. The summed E-state index contributed by atoms with van der Waals surface area (Å²) >= 11 is 0. The monoisotopic (exact) mass is 430 g/mol. The zero-order chi connectivity index (χ0) is 23.4. The number of benzene rings is 2. The van der Waals surface area contributed by atoms with Gasteiger partial charge in [0.2, 0.25) is 5.60 Å². The van der Waals surface area contributed by atoms with E-state index in [1.165, 1.54) is 49.9 Å². The van der Waals surface area contributed by atoms with Gasteiger partial charge in [0.15, 0.2) is 5.78 Å². The van der Waals surface area contributed by atoms with E-state index in [2.05, 4.69) is 9.97 Å². The molecule has 0 radical (unpaired) electrons. The largest absolute Gasteiger partial charge is 0.425 e. The molecular formula is C24H25F3N2O2. The number of aliphatic hydroxyl groups is 1. The van der Waals surface area contributed by atoms with Gasteiger partial charge < -0.3 is 5.11 Å². The molecule has 0 saturated carbocycles. The highest BCUT2D eigenvalue weighted by Gasteiger charge is 2.61. The molecule has 164 valence electrons. The lowest BCUT2D eigenvalue weighted by Gasteiger charge is -2.28. The first-order chi connectivity index (χ1) is 14.7. The van der Waals surface area contributed by atoms with E-state index in [0.29, 0.717) is 11.1 Å². The molecule has 0 amide bonds. The number of halogens is 3. The zero-order valence-corrected chi connectivity index (χ0v) is 18.1. The van der Waals surface area contributed by atoms with Crippen molar-refractivity contribution in [3.05, 3.63) is 71.8 Å². The fourth-order valence-corrected chi connectivity index (χ4v) is 3.55. The molecule has 4 rings (SSSR count). The van der Waals surface area contributed by atoms with Crippen molar-refractivity contribution >= 4 is 5.78 Å². The van der Waals surface area contributed by atoms with Gasteiger partial charge in [0, 0.05) is 34.6 Å². The van der Waals surface area contributed by atoms with Crippen molar-refractivity contribution in [1.29, 1.82) is 0 Å². The van der Waals surface area contributed by atoms with Crippen LogP contribution in [0.5, 0.6) is 0 Å². The Morgan fingerprint density at radius 3 is 2.06 bits per heavy atom. The second-order valence-electron chi connectivity index (χ2n) is 6.38. The number of fused-ring (bicyclic) bond motifs is 3. The molecule has 31 heavy (non-hydrogen) atoms. The number of hydrogen-bond donors (Lipinski definition) is 1. The summed E-state index contributed by atoms with van der Waals surface area (Å²) in [5.41, 5.74) is -2.43. The molecule has 1 heterocycles. The van der Waals surface area contributed by atoms with Gasteiger partial charge in [-0.3, -0.25) is 4.79 Å². The molecule has 1 N–H and O–H groups in total. The number of aromatic nitrogens is 2. The fourth-order valence-electron chi connectivity index (χ4n) is 3.55. The van der Waals surface area contributed by atoms with Gasteiger partial charge in [-0.25, -0.2) is 9.97 Å². The molecule has 1 aliphatic carbocycles. The molecule has 3 aromatic rings. The summed E-state index contributed by atoms with van der Waals surface area (Å²) < 4.78 is 42.0. The molecule has 2 aromatic carbocycles. The fraction of sp³-hybridized carbons (Fsp3) is 0.292. The van der Waals surface area contributed by atoms with Crippen molar-refractivity contribution < 1.29 is 23.1 Å². The molecule has 4 nitrogen and oxygen atoms in total. The van der Waals surface area contributed by atoms with E-state index in [1.807, 2.05) is 27.7 Å². The van der Waals surface area contributed by atoms with Gasteiger partial charge in [0.1, 0.15) is 6.33 Å². The lowest BCUT2D eigenvalue weighted by Crippen LogP contribution is -2.41. The van der Waals surface area contributed by atoms with Gasteiger partial charge in [-0.05, 0) is 35.7 Å². The van der Waals surface area contributed by atoms with Crippen molar-refractivity contribution in [2.75, 3.05) is 0 Å². The van der Waals surface area contributed by atoms with E-state index in [1.54, 1.807) is 6.07 Å². The number of alkyl halides is 3. The third-order valence-electron chi connectivity index (χ3n) is 4.80. The van der Waals surface area contributed by atoms with Gasteiger partial charge in [-0.1, -0.05) is 52.0 Å². The van der Waals surface area contributed by atoms with E-state index in [-0.39, 0.29) is 27.8 Å². The number of rotatable bonds is 2. The van der Waals surface area contributed by atoms with Crippen LogP contribution in [0, 0.1) is 0 Å². The van der Waals surface area contributed by atoms with Crippen molar-refractivity contribution in [1.82, 2.24) is 9.97 Å². The minimum Gasteiger partial charge on any atom is -0.372 e. The minimum atomic E-state index is -4.96. The van der Waals surface area contributed by atoms with E-state index in [4.69, 9.17) is 0 Å². The topological polar surface area (TPSA) is 63.1 Å². The lowest BCUT2D eigenvalue weighted by molar-refractivity contribution is -0.246. The standard InChI is InChI=1S/C20H13F3N2O2.2C2H6/c1-11(26)12-6-15(13-8-24-10-25-9-13)18-14-4-2-3-5-16(14)19(27,17(18)7-12)20(21,22)23;2*1-2/h2-10,27H,1H3;2*1-2H3. The molecule has 1 aromatic heterocycles. The predicted octanol–water partition coefficient (Wildman–Crippen LogP) is 6.18. The number of Topliss-reactive ketones (excluding diaryl/α,β-unsaturated/α-hetero) is 1. The van der Waals surface area contributed by atoms with Crippen molar-refractivity contribution in [3.63, 3.8) is 0 Å². The minimum absolute atomic E-state index is 0.0723. The van der Waals surface area contributed by atoms with Crippen molar-refractivity contribution in [3.8, 4) is 22.3 Å². The number of carbonyl (C=O) groups is 1. The van der Waals surface area contributed by atoms with Crippen LogP contribution in [0.1, 0.15) is 56.1 Å². The lowest BCUT2D eigenvalue weighted by atomic mass is 9.87. The summed E-state index contributed by atoms with van der Waals surface area (Å²) in [4.78, 5) is 19.8. The highest BCUT2D eigenvalue weighted by atomic mass is 19.4. The van der Waals surface area contributed by atoms with Gasteiger partial charge >= 0.3 is 6.18 Å². The number of carbonyl (C=O) groups excluding carboxylic acids is 1. The van der Waals surface area contributed by atoms with Crippen LogP contribution >= 0.6 is 0 Å². The third-order valence-corrected chi connectivity index (χ3v) is 4.80. The molecule has 0 saturated heterocycles. The smallest absolute Gasteiger partial charge is 0.372 e. The zero-order valence-electron chi connectivity index (χ0n) is 18.1. The first kappa shape index (κ1) is 24.2. The average molecular weight is 430 g/mol. The number of nitrogens with zero attached hydrogens (tertiary/aromatic N) is 2. The van der Waals surface area contributed by atoms with Crippen LogP contribution < -0.4 is 0 Å². The Labute approximate surface area is 179 Å². The van der Waals surface area contributed by atoms with Gasteiger partial charge in [0.05, 0.1) is 0 Å². The maximum Gasteiger partial charge on any atom is 0.425 e. The molecule has 1 unspecified atom stereocenters. The predicted molar refractivity (Wildman–Crippen MR) is 115 cm³/mol. The molecule has 0 aliphatic heterocycles. The highest BCUT2D eigenvalue weighted by molar-refractivity contribution is 6.00. The van der Waals surface area contributed by atoms with Gasteiger partial charge in [0.25, 0.3) is 0 Å². The Balaban J connectivity index is 0.000000807. The molecule has 7 heteroatoms. The van der Waals surface area contributed by atoms with E-state index in [9.17, 15) is 23.1 Å². The van der Waals surface area contributed by atoms with Crippen molar-refractivity contribution in [2.24, 2.45) is 0 Å². The molecular weight excluding hydrogens is 405 g/mol. The summed E-state index contributed by atoms with van der Waals surface area (Å²) in [7, 11) is 0. The number of hydrogen-bond acceptors (Lipinski definition) is 4. The molecule has 0 bridgehead atoms. The van der Waals surface area contributed by atoms with Crippen LogP contribution in [0.3, 0.4) is 0 Å². The van der Waals surface area contributed by atoms with Crippen LogP contribution in [0.4, 0.5) is 13.2 Å². The average Bonchev–Trinajstić information content (AvgIpc) is 3.06. The molecule has 0 spiro atoms. The Kier molecular flexibility index (Phi) is 7.33. The van der Waals surface area contributed by atoms with Crippen LogP contribution in [0.25, 0.3) is 22.3 Å². The summed E-state index contributed by atoms with van der Waals surface area (Å²) in [6.45, 7) is 9.27. The van der Waals surface area contributed by atoms with Crippen LogP contribution in [-0.4, -0.2) is 27.0 Å². The van der Waals surface area contributed by atoms with Crippen LogP contribution in [0.2, 0.25) is 0 Å². The summed E-state index contributed by atoms with van der Waals surface area (Å²) in [6.07, 6.45) is -0.743. The molecule has 0 fully saturated rings. The SMILES string of the molecule is CC.CC.CC(=O)c1cc(-c2cncnc2)c2c(c1)C(O)(C(F)(F)F)c1ccccc1-2.